The van der Waals surface area contributed by atoms with Crippen LogP contribution in [-0.4, -0.2) is 4.98 Å². The van der Waals surface area contributed by atoms with E-state index >= 15 is 0 Å². The van der Waals surface area contributed by atoms with Crippen LogP contribution in [0.1, 0.15) is 29.8 Å². The van der Waals surface area contributed by atoms with E-state index in [1.807, 2.05) is 24.4 Å². The molecule has 0 aromatic carbocycles. The summed E-state index contributed by atoms with van der Waals surface area (Å²) in [5.74, 6) is 0.264. The number of halogens is 4. The van der Waals surface area contributed by atoms with Crippen LogP contribution in [0.3, 0.4) is 0 Å². The van der Waals surface area contributed by atoms with Gasteiger partial charge in [-0.15, -0.1) is 11.3 Å². The minimum atomic E-state index is -4.44. The van der Waals surface area contributed by atoms with Crippen molar-refractivity contribution in [1.82, 2.24) is 4.98 Å². The van der Waals surface area contributed by atoms with Gasteiger partial charge in [-0.3, -0.25) is 0 Å². The third-order valence-electron chi connectivity index (χ3n) is 2.77. The standard InChI is InChI=1S/C13H12ClF3N2S/c1-2-10(11-4-3-5-20-11)19-12-9(14)6-8(7-18-12)13(15,16)17/h3-7,10H,2H2,1H3,(H,18,19). The van der Waals surface area contributed by atoms with Gasteiger partial charge in [-0.05, 0) is 23.9 Å². The zero-order valence-corrected chi connectivity index (χ0v) is 12.1. The quantitative estimate of drug-likeness (QED) is 0.818. The fourth-order valence-electron chi connectivity index (χ4n) is 1.73. The summed E-state index contributed by atoms with van der Waals surface area (Å²) in [6.45, 7) is 1.98. The van der Waals surface area contributed by atoms with Crippen LogP contribution in [-0.2, 0) is 6.18 Å². The van der Waals surface area contributed by atoms with Crippen LogP contribution in [0.15, 0.2) is 29.8 Å². The molecular weight excluding hydrogens is 309 g/mol. The summed E-state index contributed by atoms with van der Waals surface area (Å²) in [5.41, 5.74) is -0.850. The molecule has 0 bridgehead atoms. The van der Waals surface area contributed by atoms with E-state index in [2.05, 4.69) is 10.3 Å². The van der Waals surface area contributed by atoms with Crippen LogP contribution in [0.2, 0.25) is 5.02 Å². The van der Waals surface area contributed by atoms with Gasteiger partial charge in [-0.2, -0.15) is 13.2 Å². The zero-order chi connectivity index (χ0) is 14.8. The molecule has 1 atom stereocenters. The van der Waals surface area contributed by atoms with Crippen molar-refractivity contribution in [2.45, 2.75) is 25.6 Å². The fourth-order valence-corrected chi connectivity index (χ4v) is 2.81. The molecule has 0 amide bonds. The lowest BCUT2D eigenvalue weighted by atomic mass is 10.2. The first-order valence-corrected chi connectivity index (χ1v) is 7.20. The first-order chi connectivity index (χ1) is 9.41. The maximum atomic E-state index is 12.5. The van der Waals surface area contributed by atoms with Crippen LogP contribution in [0.25, 0.3) is 0 Å². The second-order valence-electron chi connectivity index (χ2n) is 4.17. The summed E-state index contributed by atoms with van der Waals surface area (Å²) in [6.07, 6.45) is -2.87. The Morgan fingerprint density at radius 1 is 1.45 bits per heavy atom. The lowest BCUT2D eigenvalue weighted by molar-refractivity contribution is -0.137. The normalized spacial score (nSPS) is 13.2. The van der Waals surface area contributed by atoms with E-state index in [4.69, 9.17) is 11.6 Å². The molecule has 108 valence electrons. The summed E-state index contributed by atoms with van der Waals surface area (Å²) >= 11 is 7.45. The van der Waals surface area contributed by atoms with Gasteiger partial charge >= 0.3 is 6.18 Å². The highest BCUT2D eigenvalue weighted by atomic mass is 35.5. The van der Waals surface area contributed by atoms with Crippen molar-refractivity contribution < 1.29 is 13.2 Å². The topological polar surface area (TPSA) is 24.9 Å². The van der Waals surface area contributed by atoms with E-state index in [0.717, 1.165) is 23.6 Å². The molecule has 1 unspecified atom stereocenters. The maximum absolute atomic E-state index is 12.5. The molecule has 0 aliphatic rings. The molecule has 0 saturated heterocycles. The summed E-state index contributed by atoms with van der Waals surface area (Å²) < 4.78 is 37.6. The molecule has 0 spiro atoms. The smallest absolute Gasteiger partial charge is 0.361 e. The minimum absolute atomic E-state index is 0.0169. The first-order valence-electron chi connectivity index (χ1n) is 5.94. The Hall–Kier alpha value is -1.27. The van der Waals surface area contributed by atoms with E-state index in [-0.39, 0.29) is 16.9 Å². The lowest BCUT2D eigenvalue weighted by Gasteiger charge is -2.17. The van der Waals surface area contributed by atoms with Crippen molar-refractivity contribution in [3.8, 4) is 0 Å². The molecular formula is C13H12ClF3N2S. The highest BCUT2D eigenvalue weighted by Gasteiger charge is 2.31. The zero-order valence-electron chi connectivity index (χ0n) is 10.5. The van der Waals surface area contributed by atoms with Crippen molar-refractivity contribution >= 4 is 28.8 Å². The monoisotopic (exact) mass is 320 g/mol. The van der Waals surface area contributed by atoms with E-state index in [1.54, 1.807) is 11.3 Å². The molecule has 0 saturated carbocycles. The molecule has 20 heavy (non-hydrogen) atoms. The molecule has 7 heteroatoms. The Bertz CT molecular complexity index is 569. The molecule has 0 fully saturated rings. The summed E-state index contributed by atoms with van der Waals surface area (Å²) in [5, 5.41) is 4.99. The number of hydrogen-bond donors (Lipinski definition) is 1. The Labute approximate surface area is 123 Å². The maximum Gasteiger partial charge on any atom is 0.417 e. The van der Waals surface area contributed by atoms with Crippen molar-refractivity contribution in [2.75, 3.05) is 5.32 Å². The number of hydrogen-bond acceptors (Lipinski definition) is 3. The van der Waals surface area contributed by atoms with Gasteiger partial charge in [0, 0.05) is 11.1 Å². The molecule has 0 aliphatic heterocycles. The third-order valence-corrected chi connectivity index (χ3v) is 4.05. The van der Waals surface area contributed by atoms with Gasteiger partial charge in [0.15, 0.2) is 0 Å². The largest absolute Gasteiger partial charge is 0.417 e. The predicted molar refractivity (Wildman–Crippen MR) is 75.2 cm³/mol. The third kappa shape index (κ3) is 3.43. The number of nitrogens with one attached hydrogen (secondary N) is 1. The molecule has 2 heterocycles. The number of nitrogens with zero attached hydrogens (tertiary/aromatic N) is 1. The number of pyridine rings is 1. The van der Waals surface area contributed by atoms with Gasteiger partial charge in [-0.25, -0.2) is 4.98 Å². The first kappa shape index (κ1) is 15.1. The Kier molecular flexibility index (Phi) is 4.55. The number of aromatic nitrogens is 1. The van der Waals surface area contributed by atoms with Gasteiger partial charge in [-0.1, -0.05) is 24.6 Å². The van der Waals surface area contributed by atoms with Crippen LogP contribution >= 0.6 is 22.9 Å². The van der Waals surface area contributed by atoms with Gasteiger partial charge in [0.1, 0.15) is 5.82 Å². The SMILES string of the molecule is CCC(Nc1ncc(C(F)(F)F)cc1Cl)c1cccs1. The van der Waals surface area contributed by atoms with E-state index in [9.17, 15) is 13.2 Å². The van der Waals surface area contributed by atoms with Gasteiger partial charge in [0.2, 0.25) is 0 Å². The molecule has 1 N–H and O–H groups in total. The highest BCUT2D eigenvalue weighted by Crippen LogP contribution is 2.34. The summed E-state index contributed by atoms with van der Waals surface area (Å²) in [7, 11) is 0. The van der Waals surface area contributed by atoms with Gasteiger partial charge in [0.25, 0.3) is 0 Å². The van der Waals surface area contributed by atoms with Gasteiger partial charge in [0.05, 0.1) is 16.6 Å². The van der Waals surface area contributed by atoms with Crippen LogP contribution in [0.5, 0.6) is 0 Å². The summed E-state index contributed by atoms with van der Waals surface area (Å²) in [4.78, 5) is 4.87. The summed E-state index contributed by atoms with van der Waals surface area (Å²) in [6, 6.07) is 4.75. The van der Waals surface area contributed by atoms with Crippen molar-refractivity contribution in [3.05, 3.63) is 45.2 Å². The lowest BCUT2D eigenvalue weighted by Crippen LogP contribution is -2.11. The van der Waals surface area contributed by atoms with E-state index in [0.29, 0.717) is 0 Å². The predicted octanol–water partition coefficient (Wildman–Crippen LogP) is 5.38. The molecule has 0 aliphatic carbocycles. The number of alkyl halides is 3. The average Bonchev–Trinajstić information content (AvgIpc) is 2.90. The van der Waals surface area contributed by atoms with Gasteiger partial charge < -0.3 is 5.32 Å². The minimum Gasteiger partial charge on any atom is -0.361 e. The Morgan fingerprint density at radius 3 is 2.70 bits per heavy atom. The van der Waals surface area contributed by atoms with Crippen LogP contribution in [0.4, 0.5) is 19.0 Å². The van der Waals surface area contributed by atoms with E-state index < -0.39 is 11.7 Å². The Morgan fingerprint density at radius 2 is 2.20 bits per heavy atom. The van der Waals surface area contributed by atoms with Crippen LogP contribution in [0, 0.1) is 0 Å². The van der Waals surface area contributed by atoms with Crippen LogP contribution < -0.4 is 5.32 Å². The average molecular weight is 321 g/mol. The highest BCUT2D eigenvalue weighted by molar-refractivity contribution is 7.10. The molecule has 2 nitrogen and oxygen atoms in total. The molecule has 2 rings (SSSR count). The number of anilines is 1. The number of rotatable bonds is 4. The number of thiophene rings is 1. The van der Waals surface area contributed by atoms with Crippen molar-refractivity contribution in [1.29, 1.82) is 0 Å². The van der Waals surface area contributed by atoms with E-state index in [1.165, 1.54) is 0 Å². The molecule has 2 aromatic heterocycles. The second-order valence-corrected chi connectivity index (χ2v) is 5.56. The second kappa shape index (κ2) is 6.01. The Balaban J connectivity index is 2.21. The van der Waals surface area contributed by atoms with Crippen molar-refractivity contribution in [2.24, 2.45) is 0 Å². The fraction of sp³-hybridized carbons (Fsp3) is 0.308. The molecule has 0 radical (unpaired) electrons. The van der Waals surface area contributed by atoms with Crippen molar-refractivity contribution in [3.63, 3.8) is 0 Å². The molecule has 2 aromatic rings.